The summed E-state index contributed by atoms with van der Waals surface area (Å²) in [6, 6.07) is 10.3. The standard InChI is InChI=1S/C24H18N8O3.2C2HF3O2/c1-11(21(26)33)35-13-7-12(9-25)18(16(8-13)22(27)34)24-31-19-14-4-6-28-10-17(14)30-23-15(20(19)32-24)3-2-5-29-23;2*3-2(4,5)1(6)7/h2-8,10-11H,1H3,(H2,26,33)(H2,27,34)(H,29,30)(H,31,32);2*(H,6,7). The van der Waals surface area contributed by atoms with E-state index in [1.54, 1.807) is 24.7 Å². The number of carbonyl (C=O) groups excluding carboxylic acids is 2. The molecule has 1 atom stereocenters. The number of carbonyl (C=O) groups is 4. The number of alkyl halides is 6. The summed E-state index contributed by atoms with van der Waals surface area (Å²) in [7, 11) is 0. The van der Waals surface area contributed by atoms with Gasteiger partial charge in [0.25, 0.3) is 5.91 Å². The molecule has 1 aromatic carbocycles. The molecule has 0 radical (unpaired) electrons. The number of amides is 2. The number of H-pyrrole nitrogens is 1. The van der Waals surface area contributed by atoms with E-state index in [4.69, 9.17) is 41.0 Å². The Hall–Kier alpha value is -6.72. The van der Waals surface area contributed by atoms with Gasteiger partial charge < -0.3 is 36.7 Å². The highest BCUT2D eigenvalue weighted by Gasteiger charge is 2.39. The van der Waals surface area contributed by atoms with Gasteiger partial charge in [0.05, 0.1) is 28.7 Å². The van der Waals surface area contributed by atoms with Crippen molar-refractivity contribution >= 4 is 35.3 Å². The van der Waals surface area contributed by atoms with Crippen molar-refractivity contribution in [2.75, 3.05) is 5.32 Å². The maximum absolute atomic E-state index is 12.4. The third kappa shape index (κ3) is 8.76. The van der Waals surface area contributed by atoms with Gasteiger partial charge in [-0.15, -0.1) is 0 Å². The summed E-state index contributed by atoms with van der Waals surface area (Å²) in [5, 5.41) is 27.4. The molecule has 8 N–H and O–H groups in total. The van der Waals surface area contributed by atoms with Crippen LogP contribution in [-0.4, -0.2) is 72.4 Å². The van der Waals surface area contributed by atoms with Gasteiger partial charge in [-0.3, -0.25) is 14.6 Å². The first-order valence-electron chi connectivity index (χ1n) is 13.0. The quantitative estimate of drug-likeness (QED) is 0.144. The number of hydrogen-bond acceptors (Lipinski definition) is 10. The second-order valence-corrected chi connectivity index (χ2v) is 9.39. The first-order valence-corrected chi connectivity index (χ1v) is 13.0. The zero-order chi connectivity index (χ0) is 36.8. The summed E-state index contributed by atoms with van der Waals surface area (Å²) in [6.45, 7) is 1.46. The number of aromatic amines is 1. The molecular formula is C28H20F6N8O7. The Labute approximate surface area is 269 Å². The number of benzene rings is 1. The van der Waals surface area contributed by atoms with E-state index < -0.39 is 42.2 Å². The van der Waals surface area contributed by atoms with Crippen LogP contribution in [0.1, 0.15) is 22.8 Å². The number of halogens is 6. The van der Waals surface area contributed by atoms with Crippen LogP contribution in [0.25, 0.3) is 33.9 Å². The predicted molar refractivity (Wildman–Crippen MR) is 154 cm³/mol. The van der Waals surface area contributed by atoms with Gasteiger partial charge in [-0.2, -0.15) is 31.6 Å². The smallest absolute Gasteiger partial charge is 0.481 e. The van der Waals surface area contributed by atoms with Gasteiger partial charge in [-0.25, -0.2) is 19.6 Å². The number of aliphatic carboxylic acids is 2. The molecule has 21 heteroatoms. The minimum atomic E-state index is -5.08. The Kier molecular flexibility index (Phi) is 10.8. The second kappa shape index (κ2) is 14.4. The largest absolute Gasteiger partial charge is 0.490 e. The molecule has 0 fully saturated rings. The van der Waals surface area contributed by atoms with Crippen molar-refractivity contribution in [3.8, 4) is 45.7 Å². The van der Waals surface area contributed by atoms with Crippen LogP contribution in [0.3, 0.4) is 0 Å². The molecule has 0 bridgehead atoms. The van der Waals surface area contributed by atoms with Crippen LogP contribution < -0.4 is 21.5 Å². The third-order valence-corrected chi connectivity index (χ3v) is 6.04. The molecule has 2 amide bonds. The average molecular weight is 695 g/mol. The number of nitrogens with zero attached hydrogens (tertiary/aromatic N) is 4. The topological polar surface area (TPSA) is 260 Å². The number of anilines is 2. The van der Waals surface area contributed by atoms with Gasteiger partial charge in [0, 0.05) is 29.1 Å². The van der Waals surface area contributed by atoms with Crippen LogP contribution in [-0.2, 0) is 14.4 Å². The normalized spacial score (nSPS) is 11.9. The first-order chi connectivity index (χ1) is 22.8. The van der Waals surface area contributed by atoms with Gasteiger partial charge in [-0.05, 0) is 37.3 Å². The Bertz CT molecular complexity index is 1880. The number of primary amides is 2. The van der Waals surface area contributed by atoms with Crippen LogP contribution in [0.4, 0.5) is 37.8 Å². The van der Waals surface area contributed by atoms with Crippen LogP contribution >= 0.6 is 0 Å². The Morgan fingerprint density at radius 1 is 0.980 bits per heavy atom. The van der Waals surface area contributed by atoms with Crippen LogP contribution in [0.5, 0.6) is 5.75 Å². The molecule has 1 aliphatic rings. The van der Waals surface area contributed by atoms with Crippen LogP contribution in [0.15, 0.2) is 48.9 Å². The molecule has 1 unspecified atom stereocenters. The molecule has 5 rings (SSSR count). The maximum atomic E-state index is 12.4. The summed E-state index contributed by atoms with van der Waals surface area (Å²) >= 11 is 0. The number of carboxylic acids is 2. The van der Waals surface area contributed by atoms with Gasteiger partial charge in [0.1, 0.15) is 29.2 Å². The number of fused-ring (bicyclic) bond motifs is 5. The number of aromatic nitrogens is 4. The zero-order valence-corrected chi connectivity index (χ0v) is 24.3. The lowest BCUT2D eigenvalue weighted by Crippen LogP contribution is -2.30. The molecule has 0 saturated heterocycles. The molecule has 15 nitrogen and oxygen atoms in total. The lowest BCUT2D eigenvalue weighted by molar-refractivity contribution is -0.193. The lowest BCUT2D eigenvalue weighted by atomic mass is 9.99. The number of ether oxygens (including phenoxy) is 1. The summed E-state index contributed by atoms with van der Waals surface area (Å²) in [4.78, 5) is 58.3. The van der Waals surface area contributed by atoms with E-state index in [-0.39, 0.29) is 28.3 Å². The molecule has 4 heterocycles. The first kappa shape index (κ1) is 36.7. The number of imidazole rings is 1. The Morgan fingerprint density at radius 3 is 2.12 bits per heavy atom. The highest BCUT2D eigenvalue weighted by atomic mass is 19.4. The van der Waals surface area contributed by atoms with E-state index in [9.17, 15) is 41.2 Å². The number of nitrogens with one attached hydrogen (secondary N) is 2. The van der Waals surface area contributed by atoms with E-state index in [1.807, 2.05) is 12.1 Å². The van der Waals surface area contributed by atoms with E-state index in [2.05, 4.69) is 26.3 Å². The van der Waals surface area contributed by atoms with E-state index in [0.29, 0.717) is 22.9 Å². The highest BCUT2D eigenvalue weighted by Crippen LogP contribution is 2.43. The van der Waals surface area contributed by atoms with Crippen molar-refractivity contribution in [3.63, 3.8) is 0 Å². The SMILES string of the molecule is CC(Oc1cc(C#N)c(-c2nc3c([nH]2)-c2ccncc2Nc2ncccc2-3)c(C(N)=O)c1)C(N)=O.O=C(O)C(F)(F)F.O=C(O)C(F)(F)F. The lowest BCUT2D eigenvalue weighted by Gasteiger charge is -2.14. The van der Waals surface area contributed by atoms with Gasteiger partial charge in [-0.1, -0.05) is 0 Å². The molecule has 0 aliphatic carbocycles. The molecule has 0 saturated carbocycles. The van der Waals surface area contributed by atoms with E-state index >= 15 is 0 Å². The number of rotatable bonds is 5. The van der Waals surface area contributed by atoms with Crippen molar-refractivity contribution in [2.24, 2.45) is 11.5 Å². The number of nitriles is 1. The van der Waals surface area contributed by atoms with Crippen molar-refractivity contribution in [2.45, 2.75) is 25.4 Å². The Morgan fingerprint density at radius 2 is 1.59 bits per heavy atom. The number of pyridine rings is 2. The van der Waals surface area contributed by atoms with Crippen molar-refractivity contribution in [1.29, 1.82) is 5.26 Å². The molecule has 0 spiro atoms. The predicted octanol–water partition coefficient (Wildman–Crippen LogP) is 3.75. The van der Waals surface area contributed by atoms with Crippen molar-refractivity contribution < 1.29 is 60.5 Å². The molecular weight excluding hydrogens is 674 g/mol. The molecule has 49 heavy (non-hydrogen) atoms. The highest BCUT2D eigenvalue weighted by molar-refractivity contribution is 6.02. The molecule has 4 aromatic rings. The summed E-state index contributed by atoms with van der Waals surface area (Å²) in [5.41, 5.74) is 14.7. The summed E-state index contributed by atoms with van der Waals surface area (Å²) in [6.07, 6.45) is -6.17. The summed E-state index contributed by atoms with van der Waals surface area (Å²) in [5.74, 6) is -6.06. The third-order valence-electron chi connectivity index (χ3n) is 6.04. The second-order valence-electron chi connectivity index (χ2n) is 9.39. The van der Waals surface area contributed by atoms with E-state index in [1.165, 1.54) is 19.1 Å². The van der Waals surface area contributed by atoms with Crippen LogP contribution in [0.2, 0.25) is 0 Å². The minimum absolute atomic E-state index is 0.000818. The number of nitrogens with two attached hydrogens (primary N) is 2. The van der Waals surface area contributed by atoms with Crippen molar-refractivity contribution in [1.82, 2.24) is 19.9 Å². The molecule has 1 aliphatic heterocycles. The minimum Gasteiger partial charge on any atom is -0.481 e. The zero-order valence-electron chi connectivity index (χ0n) is 24.3. The maximum Gasteiger partial charge on any atom is 0.490 e. The molecule has 3 aromatic heterocycles. The van der Waals surface area contributed by atoms with Crippen molar-refractivity contribution in [3.05, 3.63) is 60.0 Å². The number of carboxylic acid groups (broad SMARTS) is 2. The van der Waals surface area contributed by atoms with Crippen LogP contribution in [0, 0.1) is 11.3 Å². The monoisotopic (exact) mass is 694 g/mol. The molecule has 256 valence electrons. The summed E-state index contributed by atoms with van der Waals surface area (Å²) < 4.78 is 69.0. The van der Waals surface area contributed by atoms with Gasteiger partial charge >= 0.3 is 24.3 Å². The Balaban J connectivity index is 0.000000392. The van der Waals surface area contributed by atoms with Gasteiger partial charge in [0.15, 0.2) is 6.10 Å². The van der Waals surface area contributed by atoms with Gasteiger partial charge in [0.2, 0.25) is 5.91 Å². The fraction of sp³-hybridized carbons (Fsp3) is 0.143. The van der Waals surface area contributed by atoms with E-state index in [0.717, 1.165) is 11.1 Å². The average Bonchev–Trinajstić information content (AvgIpc) is 3.40. The fourth-order valence-corrected chi connectivity index (χ4v) is 3.90. The number of hydrogen-bond donors (Lipinski definition) is 6. The fourth-order valence-electron chi connectivity index (χ4n) is 3.90.